The highest BCUT2D eigenvalue weighted by Gasteiger charge is 2.30. The molecule has 2 fully saturated rings. The van der Waals surface area contributed by atoms with Gasteiger partial charge >= 0.3 is 0 Å². The van der Waals surface area contributed by atoms with Crippen molar-refractivity contribution in [1.82, 2.24) is 25.1 Å². The lowest BCUT2D eigenvalue weighted by molar-refractivity contribution is 0.224. The van der Waals surface area contributed by atoms with Crippen LogP contribution in [0.5, 0.6) is 5.88 Å². The molecule has 1 saturated carbocycles. The largest absolute Gasteiger partial charge is 0.476 e. The molecule has 2 aliphatic rings. The number of hydrogen-bond donors (Lipinski definition) is 0. The van der Waals surface area contributed by atoms with Crippen LogP contribution in [0.1, 0.15) is 37.0 Å². The van der Waals surface area contributed by atoms with Crippen LogP contribution in [0.25, 0.3) is 0 Å². The smallest absolute Gasteiger partial charge is 0.232 e. The Labute approximate surface area is 128 Å². The zero-order valence-corrected chi connectivity index (χ0v) is 12.4. The summed E-state index contributed by atoms with van der Waals surface area (Å²) in [6, 6.07) is 0. The van der Waals surface area contributed by atoms with Crippen LogP contribution in [0.3, 0.4) is 0 Å². The Morgan fingerprint density at radius 2 is 2.18 bits per heavy atom. The van der Waals surface area contributed by atoms with Crippen molar-refractivity contribution in [2.24, 2.45) is 5.92 Å². The molecule has 1 aliphatic carbocycles. The SMILES string of the molecule is c1cnc(OCC2CCN(Cc3nnc(C4CC4)o3)C2)cn1. The molecule has 1 unspecified atom stereocenters. The molecule has 7 nitrogen and oxygen atoms in total. The minimum atomic E-state index is 0.507. The summed E-state index contributed by atoms with van der Waals surface area (Å²) in [4.78, 5) is 10.5. The van der Waals surface area contributed by atoms with E-state index in [1.807, 2.05) is 0 Å². The molecule has 7 heteroatoms. The van der Waals surface area contributed by atoms with Crippen LogP contribution in [-0.4, -0.2) is 44.8 Å². The molecule has 0 radical (unpaired) electrons. The zero-order chi connectivity index (χ0) is 14.8. The van der Waals surface area contributed by atoms with Gasteiger partial charge in [-0.05, 0) is 25.8 Å². The van der Waals surface area contributed by atoms with Crippen LogP contribution >= 0.6 is 0 Å². The first kappa shape index (κ1) is 13.6. The molecular weight excluding hydrogens is 282 g/mol. The summed E-state index contributed by atoms with van der Waals surface area (Å²) in [5, 5.41) is 8.28. The van der Waals surface area contributed by atoms with Gasteiger partial charge in [-0.25, -0.2) is 4.98 Å². The molecule has 1 saturated heterocycles. The second-order valence-electron chi connectivity index (χ2n) is 6.05. The topological polar surface area (TPSA) is 77.2 Å². The predicted molar refractivity (Wildman–Crippen MR) is 77.2 cm³/mol. The van der Waals surface area contributed by atoms with E-state index in [0.717, 1.165) is 37.8 Å². The highest BCUT2D eigenvalue weighted by atomic mass is 16.5. The number of hydrogen-bond acceptors (Lipinski definition) is 7. The normalized spacial score (nSPS) is 22.1. The van der Waals surface area contributed by atoms with Gasteiger partial charge in [0.15, 0.2) is 0 Å². The lowest BCUT2D eigenvalue weighted by Gasteiger charge is -2.13. The van der Waals surface area contributed by atoms with Crippen molar-refractivity contribution in [3.05, 3.63) is 30.4 Å². The van der Waals surface area contributed by atoms with Crippen LogP contribution < -0.4 is 4.74 Å². The van der Waals surface area contributed by atoms with E-state index in [2.05, 4.69) is 25.1 Å². The molecule has 2 aromatic heterocycles. The maximum atomic E-state index is 5.72. The van der Waals surface area contributed by atoms with Crippen molar-refractivity contribution in [1.29, 1.82) is 0 Å². The Morgan fingerprint density at radius 3 is 3.00 bits per heavy atom. The summed E-state index contributed by atoms with van der Waals surface area (Å²) < 4.78 is 11.4. The molecular formula is C15H19N5O2. The predicted octanol–water partition coefficient (Wildman–Crippen LogP) is 1.64. The summed E-state index contributed by atoms with van der Waals surface area (Å²) in [7, 11) is 0. The van der Waals surface area contributed by atoms with Gasteiger partial charge in [0.1, 0.15) is 0 Å². The number of nitrogens with zero attached hydrogens (tertiary/aromatic N) is 5. The molecule has 4 rings (SSSR count). The molecule has 1 atom stereocenters. The van der Waals surface area contributed by atoms with Crippen molar-refractivity contribution < 1.29 is 9.15 Å². The summed E-state index contributed by atoms with van der Waals surface area (Å²) >= 11 is 0. The van der Waals surface area contributed by atoms with Gasteiger partial charge in [0.25, 0.3) is 0 Å². The lowest BCUT2D eigenvalue weighted by Crippen LogP contribution is -2.22. The van der Waals surface area contributed by atoms with Crippen LogP contribution in [0, 0.1) is 5.92 Å². The first-order valence-electron chi connectivity index (χ1n) is 7.80. The minimum absolute atomic E-state index is 0.507. The van der Waals surface area contributed by atoms with Crippen LogP contribution in [-0.2, 0) is 6.54 Å². The third-order valence-electron chi connectivity index (χ3n) is 4.14. The molecule has 3 heterocycles. The Balaban J connectivity index is 1.25. The second kappa shape index (κ2) is 6.00. The van der Waals surface area contributed by atoms with Crippen molar-refractivity contribution in [2.75, 3.05) is 19.7 Å². The maximum absolute atomic E-state index is 5.72. The van der Waals surface area contributed by atoms with Gasteiger partial charge in [-0.1, -0.05) is 0 Å². The molecule has 0 N–H and O–H groups in total. The Kier molecular flexibility index (Phi) is 3.72. The van der Waals surface area contributed by atoms with E-state index in [4.69, 9.17) is 9.15 Å². The molecule has 0 aromatic carbocycles. The Morgan fingerprint density at radius 1 is 1.23 bits per heavy atom. The quantitative estimate of drug-likeness (QED) is 0.802. The van der Waals surface area contributed by atoms with Gasteiger partial charge in [-0.3, -0.25) is 9.88 Å². The molecule has 0 bridgehead atoms. The van der Waals surface area contributed by atoms with Gasteiger partial charge < -0.3 is 9.15 Å². The monoisotopic (exact) mass is 301 g/mol. The summed E-state index contributed by atoms with van der Waals surface area (Å²) in [6.07, 6.45) is 8.42. The minimum Gasteiger partial charge on any atom is -0.476 e. The summed E-state index contributed by atoms with van der Waals surface area (Å²) in [5.41, 5.74) is 0. The zero-order valence-electron chi connectivity index (χ0n) is 12.4. The van der Waals surface area contributed by atoms with Crippen molar-refractivity contribution in [2.45, 2.75) is 31.7 Å². The van der Waals surface area contributed by atoms with Crippen molar-refractivity contribution >= 4 is 0 Å². The fraction of sp³-hybridized carbons (Fsp3) is 0.600. The molecule has 1 aliphatic heterocycles. The van der Waals surface area contributed by atoms with E-state index in [9.17, 15) is 0 Å². The van der Waals surface area contributed by atoms with E-state index in [1.54, 1.807) is 18.6 Å². The second-order valence-corrected chi connectivity index (χ2v) is 6.05. The van der Waals surface area contributed by atoms with Crippen LogP contribution in [0.15, 0.2) is 23.0 Å². The van der Waals surface area contributed by atoms with Gasteiger partial charge in [0, 0.05) is 30.8 Å². The molecule has 22 heavy (non-hydrogen) atoms. The number of ether oxygens (including phenoxy) is 1. The average molecular weight is 301 g/mol. The molecule has 116 valence electrons. The van der Waals surface area contributed by atoms with Crippen LogP contribution in [0.2, 0.25) is 0 Å². The highest BCUT2D eigenvalue weighted by Crippen LogP contribution is 2.39. The number of aromatic nitrogens is 4. The van der Waals surface area contributed by atoms with Gasteiger partial charge in [-0.15, -0.1) is 10.2 Å². The summed E-state index contributed by atoms with van der Waals surface area (Å²) in [6.45, 7) is 3.44. The number of rotatable bonds is 6. The van der Waals surface area contributed by atoms with Crippen molar-refractivity contribution in [3.63, 3.8) is 0 Å². The molecule has 0 spiro atoms. The van der Waals surface area contributed by atoms with E-state index >= 15 is 0 Å². The van der Waals surface area contributed by atoms with Gasteiger partial charge in [0.2, 0.25) is 17.7 Å². The first-order chi connectivity index (χ1) is 10.9. The fourth-order valence-corrected chi connectivity index (χ4v) is 2.77. The van der Waals surface area contributed by atoms with Crippen LogP contribution in [0.4, 0.5) is 0 Å². The fourth-order valence-electron chi connectivity index (χ4n) is 2.77. The third kappa shape index (κ3) is 3.24. The van der Waals surface area contributed by atoms with E-state index in [-0.39, 0.29) is 0 Å². The number of likely N-dealkylation sites (tertiary alicyclic amines) is 1. The van der Waals surface area contributed by atoms with Crippen molar-refractivity contribution in [3.8, 4) is 5.88 Å². The lowest BCUT2D eigenvalue weighted by atomic mass is 10.1. The highest BCUT2D eigenvalue weighted by molar-refractivity contribution is 5.02. The van der Waals surface area contributed by atoms with E-state index < -0.39 is 0 Å². The average Bonchev–Trinajstić information content (AvgIpc) is 3.14. The van der Waals surface area contributed by atoms with E-state index in [0.29, 0.717) is 24.3 Å². The van der Waals surface area contributed by atoms with Gasteiger partial charge in [0.05, 0.1) is 19.3 Å². The summed E-state index contributed by atoms with van der Waals surface area (Å²) in [5.74, 6) is 3.17. The Hall–Kier alpha value is -2.02. The standard InChI is InChI=1S/C15H19N5O2/c1-2-12(1)15-19-18-14(22-15)9-20-6-3-11(8-20)10-21-13-7-16-4-5-17-13/h4-5,7,11-12H,1-3,6,8-10H2. The maximum Gasteiger partial charge on any atom is 0.232 e. The molecule has 2 aromatic rings. The third-order valence-corrected chi connectivity index (χ3v) is 4.14. The van der Waals surface area contributed by atoms with E-state index in [1.165, 1.54) is 12.8 Å². The first-order valence-corrected chi connectivity index (χ1v) is 7.80. The Bertz CT molecular complexity index is 613. The van der Waals surface area contributed by atoms with Gasteiger partial charge in [-0.2, -0.15) is 0 Å². The molecule has 0 amide bonds.